The molecular weight excluding hydrogens is 204 g/mol. The number of esters is 1. The van der Waals surface area contributed by atoms with Gasteiger partial charge in [0.05, 0.1) is 13.7 Å². The SMILES string of the molecule is CCCN(CCC(C)(C)CN)CC(=O)OC. The minimum absolute atomic E-state index is 0.141. The molecular formula is C12H26N2O2. The van der Waals surface area contributed by atoms with E-state index in [4.69, 9.17) is 5.73 Å². The number of methoxy groups -OCH3 is 1. The van der Waals surface area contributed by atoms with Crippen LogP contribution in [0, 0.1) is 5.41 Å². The van der Waals surface area contributed by atoms with Gasteiger partial charge in [-0.2, -0.15) is 0 Å². The summed E-state index contributed by atoms with van der Waals surface area (Å²) in [6.07, 6.45) is 2.04. The van der Waals surface area contributed by atoms with Crippen LogP contribution in [-0.4, -0.2) is 44.2 Å². The van der Waals surface area contributed by atoms with Gasteiger partial charge in [-0.05, 0) is 37.9 Å². The predicted octanol–water partition coefficient (Wildman–Crippen LogP) is 1.25. The zero-order valence-corrected chi connectivity index (χ0v) is 11.1. The molecule has 0 amide bonds. The minimum atomic E-state index is -0.168. The molecule has 0 unspecified atom stereocenters. The van der Waals surface area contributed by atoms with Gasteiger partial charge in [0.2, 0.25) is 0 Å². The summed E-state index contributed by atoms with van der Waals surface area (Å²) in [4.78, 5) is 13.3. The lowest BCUT2D eigenvalue weighted by Gasteiger charge is -2.27. The van der Waals surface area contributed by atoms with E-state index in [2.05, 4.69) is 30.4 Å². The molecule has 96 valence electrons. The summed E-state index contributed by atoms with van der Waals surface area (Å²) in [5.41, 5.74) is 5.82. The fourth-order valence-corrected chi connectivity index (χ4v) is 1.40. The van der Waals surface area contributed by atoms with Crippen molar-refractivity contribution in [2.75, 3.05) is 33.3 Å². The van der Waals surface area contributed by atoms with Crippen LogP contribution in [0.3, 0.4) is 0 Å². The Labute approximate surface area is 99.1 Å². The number of ether oxygens (including phenoxy) is 1. The van der Waals surface area contributed by atoms with E-state index in [1.165, 1.54) is 7.11 Å². The van der Waals surface area contributed by atoms with Gasteiger partial charge in [0.1, 0.15) is 0 Å². The summed E-state index contributed by atoms with van der Waals surface area (Å²) in [6.45, 7) is 9.28. The van der Waals surface area contributed by atoms with Gasteiger partial charge in [-0.25, -0.2) is 0 Å². The molecule has 4 heteroatoms. The van der Waals surface area contributed by atoms with Crippen molar-refractivity contribution in [3.05, 3.63) is 0 Å². The fraction of sp³-hybridized carbons (Fsp3) is 0.917. The molecule has 0 aliphatic rings. The normalized spacial score (nSPS) is 11.9. The highest BCUT2D eigenvalue weighted by molar-refractivity contribution is 5.71. The van der Waals surface area contributed by atoms with Crippen molar-refractivity contribution >= 4 is 5.97 Å². The van der Waals surface area contributed by atoms with Crippen LogP contribution in [0.25, 0.3) is 0 Å². The maximum Gasteiger partial charge on any atom is 0.319 e. The first kappa shape index (κ1) is 15.4. The lowest BCUT2D eigenvalue weighted by atomic mass is 9.89. The molecule has 0 atom stereocenters. The molecule has 4 nitrogen and oxygen atoms in total. The second-order valence-corrected chi connectivity index (χ2v) is 4.97. The van der Waals surface area contributed by atoms with Crippen LogP contribution in [0.5, 0.6) is 0 Å². The molecule has 0 aliphatic heterocycles. The molecule has 0 saturated carbocycles. The van der Waals surface area contributed by atoms with Crippen molar-refractivity contribution in [3.63, 3.8) is 0 Å². The summed E-state index contributed by atoms with van der Waals surface area (Å²) in [6, 6.07) is 0. The third kappa shape index (κ3) is 6.80. The molecule has 0 fully saturated rings. The smallest absolute Gasteiger partial charge is 0.319 e. The predicted molar refractivity (Wildman–Crippen MR) is 66.2 cm³/mol. The summed E-state index contributed by atoms with van der Waals surface area (Å²) < 4.78 is 4.68. The summed E-state index contributed by atoms with van der Waals surface area (Å²) >= 11 is 0. The summed E-state index contributed by atoms with van der Waals surface area (Å²) in [7, 11) is 1.43. The quantitative estimate of drug-likeness (QED) is 0.638. The van der Waals surface area contributed by atoms with E-state index in [0.717, 1.165) is 25.9 Å². The van der Waals surface area contributed by atoms with Crippen LogP contribution in [0.15, 0.2) is 0 Å². The number of hydrogen-bond acceptors (Lipinski definition) is 4. The fourth-order valence-electron chi connectivity index (χ4n) is 1.40. The number of carbonyl (C=O) groups is 1. The highest BCUT2D eigenvalue weighted by Crippen LogP contribution is 2.18. The van der Waals surface area contributed by atoms with E-state index in [-0.39, 0.29) is 11.4 Å². The van der Waals surface area contributed by atoms with E-state index in [0.29, 0.717) is 13.1 Å². The Balaban J connectivity index is 4.07. The van der Waals surface area contributed by atoms with E-state index in [1.54, 1.807) is 0 Å². The van der Waals surface area contributed by atoms with Gasteiger partial charge in [-0.1, -0.05) is 20.8 Å². The molecule has 16 heavy (non-hydrogen) atoms. The van der Waals surface area contributed by atoms with Gasteiger partial charge in [-0.3, -0.25) is 9.69 Å². The van der Waals surface area contributed by atoms with Crippen LogP contribution in [0.1, 0.15) is 33.6 Å². The molecule has 2 N–H and O–H groups in total. The summed E-state index contributed by atoms with van der Waals surface area (Å²) in [5.74, 6) is -0.168. The highest BCUT2D eigenvalue weighted by Gasteiger charge is 2.18. The van der Waals surface area contributed by atoms with Crippen molar-refractivity contribution in [1.82, 2.24) is 4.90 Å². The number of nitrogens with zero attached hydrogens (tertiary/aromatic N) is 1. The third-order valence-corrected chi connectivity index (χ3v) is 2.78. The zero-order valence-electron chi connectivity index (χ0n) is 11.1. The van der Waals surface area contributed by atoms with Crippen molar-refractivity contribution < 1.29 is 9.53 Å². The number of carbonyl (C=O) groups excluding carboxylic acids is 1. The molecule has 0 spiro atoms. The molecule has 0 radical (unpaired) electrons. The number of hydrogen-bond donors (Lipinski definition) is 1. The Morgan fingerprint density at radius 3 is 2.44 bits per heavy atom. The minimum Gasteiger partial charge on any atom is -0.468 e. The average molecular weight is 230 g/mol. The van der Waals surface area contributed by atoms with Crippen molar-refractivity contribution in [2.24, 2.45) is 11.1 Å². The molecule has 0 heterocycles. The van der Waals surface area contributed by atoms with E-state index >= 15 is 0 Å². The van der Waals surface area contributed by atoms with Crippen LogP contribution in [0.4, 0.5) is 0 Å². The van der Waals surface area contributed by atoms with Gasteiger partial charge in [-0.15, -0.1) is 0 Å². The molecule has 0 aromatic carbocycles. The van der Waals surface area contributed by atoms with E-state index in [1.807, 2.05) is 0 Å². The molecule has 0 bridgehead atoms. The Morgan fingerprint density at radius 2 is 2.00 bits per heavy atom. The first-order chi connectivity index (χ1) is 7.45. The van der Waals surface area contributed by atoms with Crippen LogP contribution >= 0.6 is 0 Å². The van der Waals surface area contributed by atoms with Gasteiger partial charge in [0.25, 0.3) is 0 Å². The third-order valence-electron chi connectivity index (χ3n) is 2.78. The second-order valence-electron chi connectivity index (χ2n) is 4.97. The maximum absolute atomic E-state index is 11.2. The Kier molecular flexibility index (Phi) is 7.34. The number of rotatable bonds is 8. The monoisotopic (exact) mass is 230 g/mol. The van der Waals surface area contributed by atoms with E-state index < -0.39 is 0 Å². The first-order valence-electron chi connectivity index (χ1n) is 5.94. The van der Waals surface area contributed by atoms with Crippen LogP contribution in [0.2, 0.25) is 0 Å². The van der Waals surface area contributed by atoms with Gasteiger partial charge in [0.15, 0.2) is 0 Å². The second kappa shape index (κ2) is 7.63. The van der Waals surface area contributed by atoms with Gasteiger partial charge in [0, 0.05) is 0 Å². The lowest BCUT2D eigenvalue weighted by Crippen LogP contribution is -2.35. The van der Waals surface area contributed by atoms with Crippen LogP contribution in [-0.2, 0) is 9.53 Å². The largest absolute Gasteiger partial charge is 0.468 e. The van der Waals surface area contributed by atoms with Crippen LogP contribution < -0.4 is 5.73 Å². The van der Waals surface area contributed by atoms with E-state index in [9.17, 15) is 4.79 Å². The molecule has 0 rings (SSSR count). The maximum atomic E-state index is 11.2. The Hall–Kier alpha value is -0.610. The Morgan fingerprint density at radius 1 is 1.38 bits per heavy atom. The summed E-state index contributed by atoms with van der Waals surface area (Å²) in [5, 5.41) is 0. The highest BCUT2D eigenvalue weighted by atomic mass is 16.5. The number of nitrogens with two attached hydrogens (primary N) is 1. The van der Waals surface area contributed by atoms with Crippen molar-refractivity contribution in [1.29, 1.82) is 0 Å². The standard InChI is InChI=1S/C12H26N2O2/c1-5-7-14(9-11(15)16-4)8-6-12(2,3)10-13/h5-10,13H2,1-4H3. The lowest BCUT2D eigenvalue weighted by molar-refractivity contribution is -0.142. The average Bonchev–Trinajstić information content (AvgIpc) is 2.26. The first-order valence-corrected chi connectivity index (χ1v) is 5.94. The molecule has 0 aliphatic carbocycles. The molecule has 0 aromatic rings. The Bertz CT molecular complexity index is 205. The topological polar surface area (TPSA) is 55.6 Å². The molecule has 0 aromatic heterocycles. The van der Waals surface area contributed by atoms with Crippen molar-refractivity contribution in [3.8, 4) is 0 Å². The van der Waals surface area contributed by atoms with Gasteiger partial charge < -0.3 is 10.5 Å². The van der Waals surface area contributed by atoms with Gasteiger partial charge >= 0.3 is 5.97 Å². The zero-order chi connectivity index (χ0) is 12.6. The molecule has 0 saturated heterocycles. The van der Waals surface area contributed by atoms with Crippen molar-refractivity contribution in [2.45, 2.75) is 33.6 Å².